The molecule has 3 aromatic heterocycles. The second kappa shape index (κ2) is 12.1. The number of imidazole rings is 1. The fourth-order valence-corrected chi connectivity index (χ4v) is 5.15. The van der Waals surface area contributed by atoms with Crippen LogP contribution >= 0.6 is 23.2 Å². The average Bonchev–Trinajstić information content (AvgIpc) is 3.66. The van der Waals surface area contributed by atoms with Gasteiger partial charge in [0.1, 0.15) is 28.8 Å². The minimum absolute atomic E-state index is 0.0162. The van der Waals surface area contributed by atoms with Crippen LogP contribution in [-0.2, 0) is 22.4 Å². The van der Waals surface area contributed by atoms with Crippen LogP contribution in [-0.4, -0.2) is 47.0 Å². The van der Waals surface area contributed by atoms with Crippen LogP contribution in [0.15, 0.2) is 67.0 Å². The number of benzene rings is 2. The van der Waals surface area contributed by atoms with Crippen molar-refractivity contribution in [1.82, 2.24) is 40.5 Å². The summed E-state index contributed by atoms with van der Waals surface area (Å²) in [5.41, 5.74) is 3.35. The van der Waals surface area contributed by atoms with E-state index in [1.54, 1.807) is 48.5 Å². The third-order valence-corrected chi connectivity index (χ3v) is 7.27. The molecule has 1 aliphatic rings. The number of carbonyl (C=O) groups excluding carboxylic acids is 2. The van der Waals surface area contributed by atoms with Gasteiger partial charge < -0.3 is 15.6 Å². The second-order valence-electron chi connectivity index (χ2n) is 9.67. The van der Waals surface area contributed by atoms with Crippen molar-refractivity contribution in [3.8, 4) is 16.9 Å². The van der Waals surface area contributed by atoms with Crippen LogP contribution in [0.4, 0.5) is 10.1 Å². The summed E-state index contributed by atoms with van der Waals surface area (Å²) in [6, 6.07) is 14.3. The van der Waals surface area contributed by atoms with Gasteiger partial charge >= 0.3 is 0 Å². The molecule has 1 unspecified atom stereocenters. The summed E-state index contributed by atoms with van der Waals surface area (Å²) in [7, 11) is 0. The van der Waals surface area contributed by atoms with E-state index in [0.717, 1.165) is 0 Å². The smallest absolute Gasteiger partial charge is 0.244 e. The Morgan fingerprint density at radius 1 is 1.09 bits per heavy atom. The van der Waals surface area contributed by atoms with E-state index >= 15 is 0 Å². The number of halogens is 3. The highest BCUT2D eigenvalue weighted by molar-refractivity contribution is 6.32. The maximum Gasteiger partial charge on any atom is 0.244 e. The Labute approximate surface area is 254 Å². The van der Waals surface area contributed by atoms with Gasteiger partial charge in [0, 0.05) is 47.2 Å². The Kier molecular flexibility index (Phi) is 7.95. The zero-order chi connectivity index (χ0) is 29.9. The summed E-state index contributed by atoms with van der Waals surface area (Å²) in [5, 5.41) is 17.7. The van der Waals surface area contributed by atoms with Crippen LogP contribution in [0.3, 0.4) is 0 Å². The number of tetrazole rings is 1. The molecule has 1 aliphatic heterocycles. The quantitative estimate of drug-likeness (QED) is 0.244. The number of hydrogen-bond donors (Lipinski definition) is 3. The molecule has 6 rings (SSSR count). The van der Waals surface area contributed by atoms with E-state index in [1.165, 1.54) is 29.2 Å². The topological polar surface area (TPSA) is 143 Å². The van der Waals surface area contributed by atoms with E-state index < -0.39 is 17.8 Å². The zero-order valence-corrected chi connectivity index (χ0v) is 23.8. The Morgan fingerprint density at radius 3 is 2.79 bits per heavy atom. The van der Waals surface area contributed by atoms with Gasteiger partial charge in [0.2, 0.25) is 11.8 Å². The molecule has 11 nitrogen and oxygen atoms in total. The van der Waals surface area contributed by atoms with Crippen LogP contribution in [0, 0.1) is 5.82 Å². The third-order valence-electron chi connectivity index (χ3n) is 6.76. The highest BCUT2D eigenvalue weighted by atomic mass is 35.5. The molecule has 4 bridgehead atoms. The minimum Gasteiger partial charge on any atom is -0.342 e. The number of pyridine rings is 1. The second-order valence-corrected chi connectivity index (χ2v) is 10.5. The fraction of sp³-hybridized carbons (Fsp3) is 0.138. The van der Waals surface area contributed by atoms with Crippen molar-refractivity contribution < 1.29 is 14.0 Å². The lowest BCUT2D eigenvalue weighted by molar-refractivity contribution is -0.117. The van der Waals surface area contributed by atoms with Gasteiger partial charge in [-0.1, -0.05) is 41.4 Å². The lowest BCUT2D eigenvalue weighted by Crippen LogP contribution is -2.29. The number of nitrogens with one attached hydrogen (secondary N) is 3. The van der Waals surface area contributed by atoms with Gasteiger partial charge in [-0.25, -0.2) is 9.37 Å². The molecule has 2 aromatic carbocycles. The van der Waals surface area contributed by atoms with Gasteiger partial charge in [-0.15, -0.1) is 5.10 Å². The third kappa shape index (κ3) is 6.30. The number of aromatic nitrogens is 7. The highest BCUT2D eigenvalue weighted by Crippen LogP contribution is 2.34. The number of nitrogens with zero attached hydrogens (tertiary/aromatic N) is 6. The molecule has 0 aliphatic carbocycles. The van der Waals surface area contributed by atoms with Crippen molar-refractivity contribution in [3.05, 3.63) is 106 Å². The lowest BCUT2D eigenvalue weighted by Gasteiger charge is -2.17. The molecular formula is C29H22Cl2FN9O2. The number of hydrogen-bond acceptors (Lipinski definition) is 7. The van der Waals surface area contributed by atoms with E-state index in [4.69, 9.17) is 28.2 Å². The molecule has 14 heteroatoms. The monoisotopic (exact) mass is 617 g/mol. The molecule has 216 valence electrons. The number of anilines is 1. The Bertz CT molecular complexity index is 1860. The molecule has 3 N–H and O–H groups in total. The number of aromatic amines is 1. The first kappa shape index (κ1) is 28.2. The minimum atomic E-state index is -0.725. The molecule has 4 heterocycles. The summed E-state index contributed by atoms with van der Waals surface area (Å²) in [6.07, 6.45) is 4.65. The van der Waals surface area contributed by atoms with Crippen LogP contribution in [0.25, 0.3) is 23.0 Å². The largest absolute Gasteiger partial charge is 0.342 e. The van der Waals surface area contributed by atoms with Crippen molar-refractivity contribution in [1.29, 1.82) is 0 Å². The number of H-pyrrole nitrogens is 1. The number of fused-ring (bicyclic) bond motifs is 6. The Morgan fingerprint density at radius 2 is 1.95 bits per heavy atom. The summed E-state index contributed by atoms with van der Waals surface area (Å²) < 4.78 is 16.1. The van der Waals surface area contributed by atoms with Crippen molar-refractivity contribution in [2.75, 3.05) is 5.32 Å². The van der Waals surface area contributed by atoms with Crippen LogP contribution in [0.1, 0.15) is 35.2 Å². The van der Waals surface area contributed by atoms with Gasteiger partial charge in [0.25, 0.3) is 0 Å². The van der Waals surface area contributed by atoms with E-state index in [9.17, 15) is 14.0 Å². The molecule has 0 fully saturated rings. The molecular weight excluding hydrogens is 596 g/mol. The van der Waals surface area contributed by atoms with Crippen LogP contribution < -0.4 is 10.6 Å². The van der Waals surface area contributed by atoms with Crippen molar-refractivity contribution in [2.45, 2.75) is 25.3 Å². The van der Waals surface area contributed by atoms with Crippen LogP contribution in [0.2, 0.25) is 10.2 Å². The molecule has 5 aromatic rings. The van der Waals surface area contributed by atoms with Gasteiger partial charge in [-0.05, 0) is 52.9 Å². The predicted octanol–water partition coefficient (Wildman–Crippen LogP) is 4.89. The summed E-state index contributed by atoms with van der Waals surface area (Å²) >= 11 is 12.8. The first-order chi connectivity index (χ1) is 20.8. The molecule has 0 saturated carbocycles. The molecule has 1 atom stereocenters. The van der Waals surface area contributed by atoms with E-state index in [-0.39, 0.29) is 36.0 Å². The van der Waals surface area contributed by atoms with Crippen molar-refractivity contribution in [3.63, 3.8) is 0 Å². The number of rotatable bonds is 4. The molecule has 0 spiro atoms. The van der Waals surface area contributed by atoms with E-state index in [1.807, 2.05) is 0 Å². The van der Waals surface area contributed by atoms with E-state index in [0.29, 0.717) is 44.7 Å². The first-order valence-corrected chi connectivity index (χ1v) is 13.9. The lowest BCUT2D eigenvalue weighted by atomic mass is 10.1. The Balaban J connectivity index is 1.36. The van der Waals surface area contributed by atoms with Gasteiger partial charge in [-0.2, -0.15) is 4.68 Å². The number of aryl methyl sites for hydroxylation is 1. The van der Waals surface area contributed by atoms with Gasteiger partial charge in [0.15, 0.2) is 0 Å². The molecule has 0 radical (unpaired) electrons. The zero-order valence-electron chi connectivity index (χ0n) is 22.3. The standard InChI is InChI=1S/C29H22Cl2FN9O2/c30-17-6-10-24(41-15-33-39-40-41)16(13-17)5-11-25(42)36-23-14-18-7-8-20(32)22(34-18)9-12-26(43)35-21-4-2-1-3-19(21)27-28(31)38-29(23)37-27/h1-8,10-11,13,15,23H,9,12,14H2,(H,35,43)(H,36,42)(H,37,38)/b11-5+. The van der Waals surface area contributed by atoms with Crippen molar-refractivity contribution >= 4 is 46.8 Å². The maximum atomic E-state index is 14.6. The van der Waals surface area contributed by atoms with Gasteiger partial charge in [-0.3, -0.25) is 14.6 Å². The van der Waals surface area contributed by atoms with Gasteiger partial charge in [0.05, 0.1) is 23.1 Å². The molecule has 43 heavy (non-hydrogen) atoms. The molecule has 0 saturated heterocycles. The SMILES string of the molecule is O=C(/C=C/c1cc(Cl)ccc1-n1cnnn1)NC1Cc2ccc(F)c(n2)CCC(=O)Nc2ccccc2-c2nc1[nH]c2Cl. The maximum absolute atomic E-state index is 14.6. The summed E-state index contributed by atoms with van der Waals surface area (Å²) in [5.74, 6) is -0.916. The van der Waals surface area contributed by atoms with Crippen molar-refractivity contribution in [2.24, 2.45) is 0 Å². The summed E-state index contributed by atoms with van der Waals surface area (Å²) in [6.45, 7) is 0. The molecule has 2 amide bonds. The number of para-hydroxylation sites is 1. The first-order valence-electron chi connectivity index (χ1n) is 13.1. The fourth-order valence-electron chi connectivity index (χ4n) is 4.72. The number of amides is 2. The average molecular weight is 618 g/mol. The van der Waals surface area contributed by atoms with E-state index in [2.05, 4.69) is 36.1 Å². The predicted molar refractivity (Wildman–Crippen MR) is 158 cm³/mol. The summed E-state index contributed by atoms with van der Waals surface area (Å²) in [4.78, 5) is 38.2. The Hall–Kier alpha value is -4.94. The number of carbonyl (C=O) groups is 2. The normalized spacial score (nSPS) is 15.0. The van der Waals surface area contributed by atoms with Crippen LogP contribution in [0.5, 0.6) is 0 Å². The highest BCUT2D eigenvalue weighted by Gasteiger charge is 2.24.